The highest BCUT2D eigenvalue weighted by molar-refractivity contribution is 5.40. The van der Waals surface area contributed by atoms with E-state index >= 15 is 0 Å². The summed E-state index contributed by atoms with van der Waals surface area (Å²) < 4.78 is 1.92. The molecule has 1 aliphatic rings. The summed E-state index contributed by atoms with van der Waals surface area (Å²) >= 11 is 0. The summed E-state index contributed by atoms with van der Waals surface area (Å²) in [6.07, 6.45) is 2.98. The van der Waals surface area contributed by atoms with Crippen LogP contribution in [-0.4, -0.2) is 33.4 Å². The molecule has 17 heavy (non-hydrogen) atoms. The molecule has 1 aromatic carbocycles. The highest BCUT2D eigenvalue weighted by Crippen LogP contribution is 2.22. The number of phenols is 1. The lowest BCUT2D eigenvalue weighted by molar-refractivity contribution is 0.305. The highest BCUT2D eigenvalue weighted by Gasteiger charge is 2.18. The second-order valence-electron chi connectivity index (χ2n) is 4.54. The van der Waals surface area contributed by atoms with E-state index in [0.717, 1.165) is 25.2 Å². The molecule has 1 aliphatic heterocycles. The molecule has 3 rings (SSSR count). The van der Waals surface area contributed by atoms with Crippen LogP contribution in [0.15, 0.2) is 30.5 Å². The Labute approximate surface area is 100 Å². The zero-order valence-electron chi connectivity index (χ0n) is 9.80. The zero-order chi connectivity index (χ0) is 11.8. The first-order valence-corrected chi connectivity index (χ1v) is 5.78. The van der Waals surface area contributed by atoms with Crippen molar-refractivity contribution in [1.29, 1.82) is 0 Å². The van der Waals surface area contributed by atoms with Gasteiger partial charge in [0.1, 0.15) is 5.75 Å². The molecular weight excluding hydrogens is 214 g/mol. The van der Waals surface area contributed by atoms with Gasteiger partial charge in [-0.15, -0.1) is 0 Å². The maximum atomic E-state index is 9.52. The van der Waals surface area contributed by atoms with E-state index in [0.29, 0.717) is 0 Å². The largest absolute Gasteiger partial charge is 0.508 e. The summed E-state index contributed by atoms with van der Waals surface area (Å²) in [7, 11) is 2.11. The maximum Gasteiger partial charge on any atom is 0.117 e. The Morgan fingerprint density at radius 2 is 2.24 bits per heavy atom. The molecule has 0 amide bonds. The van der Waals surface area contributed by atoms with Gasteiger partial charge in [-0.25, -0.2) is 4.68 Å². The van der Waals surface area contributed by atoms with E-state index in [1.54, 1.807) is 12.1 Å². The summed E-state index contributed by atoms with van der Waals surface area (Å²) in [5.74, 6) is 0.274. The quantitative estimate of drug-likeness (QED) is 0.807. The van der Waals surface area contributed by atoms with E-state index in [2.05, 4.69) is 17.0 Å². The number of fused-ring (bicyclic) bond motifs is 1. The fourth-order valence-corrected chi connectivity index (χ4v) is 2.28. The number of aromatic hydroxyl groups is 1. The van der Waals surface area contributed by atoms with Gasteiger partial charge in [-0.1, -0.05) is 6.07 Å². The Kier molecular flexibility index (Phi) is 2.37. The number of rotatable bonds is 1. The van der Waals surface area contributed by atoms with Gasteiger partial charge in [-0.3, -0.25) is 0 Å². The summed E-state index contributed by atoms with van der Waals surface area (Å²) in [6, 6.07) is 7.21. The van der Waals surface area contributed by atoms with E-state index < -0.39 is 0 Å². The van der Waals surface area contributed by atoms with Crippen molar-refractivity contribution in [3.8, 4) is 11.4 Å². The average molecular weight is 229 g/mol. The van der Waals surface area contributed by atoms with Gasteiger partial charge in [0.2, 0.25) is 0 Å². The van der Waals surface area contributed by atoms with Crippen LogP contribution in [0.2, 0.25) is 0 Å². The Hall–Kier alpha value is -1.81. The van der Waals surface area contributed by atoms with Gasteiger partial charge in [-0.2, -0.15) is 5.10 Å². The van der Waals surface area contributed by atoms with Crippen LogP contribution in [0.5, 0.6) is 5.75 Å². The van der Waals surface area contributed by atoms with E-state index in [9.17, 15) is 5.11 Å². The molecular formula is C13H15N3O. The van der Waals surface area contributed by atoms with Gasteiger partial charge in [0, 0.05) is 19.2 Å². The van der Waals surface area contributed by atoms with Gasteiger partial charge in [0.15, 0.2) is 0 Å². The lowest BCUT2D eigenvalue weighted by Gasteiger charge is -2.23. The van der Waals surface area contributed by atoms with Crippen LogP contribution >= 0.6 is 0 Å². The van der Waals surface area contributed by atoms with E-state index in [1.807, 2.05) is 23.0 Å². The molecule has 0 fully saturated rings. The third-order valence-corrected chi connectivity index (χ3v) is 3.21. The SMILES string of the molecule is CN1CCc2cnn(-c3cccc(O)c3)c2C1. The van der Waals surface area contributed by atoms with Gasteiger partial charge in [0.05, 0.1) is 17.6 Å². The maximum absolute atomic E-state index is 9.52. The van der Waals surface area contributed by atoms with Gasteiger partial charge >= 0.3 is 0 Å². The lowest BCUT2D eigenvalue weighted by Crippen LogP contribution is -2.27. The normalized spacial score (nSPS) is 15.8. The fourth-order valence-electron chi connectivity index (χ4n) is 2.28. The van der Waals surface area contributed by atoms with Crippen molar-refractivity contribution in [2.75, 3.05) is 13.6 Å². The van der Waals surface area contributed by atoms with Crippen molar-refractivity contribution in [3.63, 3.8) is 0 Å². The Morgan fingerprint density at radius 1 is 1.35 bits per heavy atom. The minimum atomic E-state index is 0.274. The summed E-state index contributed by atoms with van der Waals surface area (Å²) in [5.41, 5.74) is 3.46. The van der Waals surface area contributed by atoms with Crippen LogP contribution in [0.1, 0.15) is 11.3 Å². The number of hydrogen-bond donors (Lipinski definition) is 1. The predicted octanol–water partition coefficient (Wildman–Crippen LogP) is 1.57. The summed E-state index contributed by atoms with van der Waals surface area (Å²) in [4.78, 5) is 2.28. The lowest BCUT2D eigenvalue weighted by atomic mass is 10.1. The number of phenolic OH excluding ortho intramolecular Hbond substituents is 1. The molecule has 2 aromatic rings. The minimum absolute atomic E-state index is 0.274. The fraction of sp³-hybridized carbons (Fsp3) is 0.308. The third kappa shape index (κ3) is 1.80. The molecule has 2 heterocycles. The number of likely N-dealkylation sites (N-methyl/N-ethyl adjacent to an activating group) is 1. The number of aromatic nitrogens is 2. The second-order valence-corrected chi connectivity index (χ2v) is 4.54. The smallest absolute Gasteiger partial charge is 0.117 e. The standard InChI is InChI=1S/C13H15N3O/c1-15-6-5-10-8-14-16(13(10)9-15)11-3-2-4-12(17)7-11/h2-4,7-8,17H,5-6,9H2,1H3. The molecule has 0 unspecified atom stereocenters. The van der Waals surface area contributed by atoms with Gasteiger partial charge in [-0.05, 0) is 31.2 Å². The molecule has 1 N–H and O–H groups in total. The second kappa shape index (κ2) is 3.89. The monoisotopic (exact) mass is 229 g/mol. The Bertz CT molecular complexity index is 547. The molecule has 0 atom stereocenters. The average Bonchev–Trinajstić information content (AvgIpc) is 2.71. The molecule has 4 nitrogen and oxygen atoms in total. The molecule has 0 saturated carbocycles. The van der Waals surface area contributed by atoms with Crippen molar-refractivity contribution < 1.29 is 5.11 Å². The first-order chi connectivity index (χ1) is 8.24. The Balaban J connectivity index is 2.07. The summed E-state index contributed by atoms with van der Waals surface area (Å²) in [6.45, 7) is 1.99. The van der Waals surface area contributed by atoms with Gasteiger partial charge in [0.25, 0.3) is 0 Å². The molecule has 0 spiro atoms. The molecule has 0 radical (unpaired) electrons. The van der Waals surface area contributed by atoms with Crippen LogP contribution in [0.25, 0.3) is 5.69 Å². The van der Waals surface area contributed by atoms with E-state index in [4.69, 9.17) is 0 Å². The molecule has 1 aromatic heterocycles. The van der Waals surface area contributed by atoms with Crippen LogP contribution in [0, 0.1) is 0 Å². The van der Waals surface area contributed by atoms with Crippen molar-refractivity contribution in [2.45, 2.75) is 13.0 Å². The molecule has 4 heteroatoms. The highest BCUT2D eigenvalue weighted by atomic mass is 16.3. The molecule has 88 valence electrons. The number of benzene rings is 1. The first kappa shape index (κ1) is 10.4. The van der Waals surface area contributed by atoms with E-state index in [-0.39, 0.29) is 5.75 Å². The molecule has 0 saturated heterocycles. The topological polar surface area (TPSA) is 41.3 Å². The van der Waals surface area contributed by atoms with Crippen molar-refractivity contribution in [1.82, 2.24) is 14.7 Å². The van der Waals surface area contributed by atoms with Crippen molar-refractivity contribution in [2.24, 2.45) is 0 Å². The van der Waals surface area contributed by atoms with Gasteiger partial charge < -0.3 is 10.0 Å². The van der Waals surface area contributed by atoms with Crippen LogP contribution in [-0.2, 0) is 13.0 Å². The Morgan fingerprint density at radius 3 is 3.06 bits per heavy atom. The van der Waals surface area contributed by atoms with Crippen molar-refractivity contribution in [3.05, 3.63) is 41.7 Å². The molecule has 0 bridgehead atoms. The van der Waals surface area contributed by atoms with Crippen LogP contribution in [0.4, 0.5) is 0 Å². The minimum Gasteiger partial charge on any atom is -0.508 e. The predicted molar refractivity (Wildman–Crippen MR) is 65.3 cm³/mol. The van der Waals surface area contributed by atoms with E-state index in [1.165, 1.54) is 11.3 Å². The van der Waals surface area contributed by atoms with Crippen molar-refractivity contribution >= 4 is 0 Å². The third-order valence-electron chi connectivity index (χ3n) is 3.21. The zero-order valence-corrected chi connectivity index (χ0v) is 9.80. The molecule has 0 aliphatic carbocycles. The number of nitrogens with zero attached hydrogens (tertiary/aromatic N) is 3. The first-order valence-electron chi connectivity index (χ1n) is 5.78. The van der Waals surface area contributed by atoms with Crippen LogP contribution < -0.4 is 0 Å². The summed E-state index contributed by atoms with van der Waals surface area (Å²) in [5, 5.41) is 13.9. The van der Waals surface area contributed by atoms with Crippen LogP contribution in [0.3, 0.4) is 0 Å². The number of hydrogen-bond acceptors (Lipinski definition) is 3.